The lowest BCUT2D eigenvalue weighted by atomic mass is 9.95. The minimum Gasteiger partial charge on any atom is -0.298 e. The standard InChI is InChI=1S/C20H28O/c21-17-20-15-11-10-14-19(20)16-18-12-8-6-4-2-1-3-5-7-9-13-18/h10-11,14-17H,1-9,12-13H2. The molecule has 0 saturated heterocycles. The third-order valence-corrected chi connectivity index (χ3v) is 4.48. The van der Waals surface area contributed by atoms with E-state index < -0.39 is 0 Å². The van der Waals surface area contributed by atoms with Crippen molar-refractivity contribution in [2.24, 2.45) is 0 Å². The third-order valence-electron chi connectivity index (χ3n) is 4.48. The summed E-state index contributed by atoms with van der Waals surface area (Å²) in [5.74, 6) is 0. The van der Waals surface area contributed by atoms with E-state index in [1.165, 1.54) is 76.2 Å². The van der Waals surface area contributed by atoms with Crippen LogP contribution in [0.3, 0.4) is 0 Å². The van der Waals surface area contributed by atoms with E-state index in [1.807, 2.05) is 18.2 Å². The Labute approximate surface area is 129 Å². The number of hydrogen-bond acceptors (Lipinski definition) is 1. The van der Waals surface area contributed by atoms with Crippen LogP contribution in [-0.2, 0) is 0 Å². The van der Waals surface area contributed by atoms with Gasteiger partial charge in [-0.2, -0.15) is 0 Å². The van der Waals surface area contributed by atoms with Crippen LogP contribution in [0.4, 0.5) is 0 Å². The lowest BCUT2D eigenvalue weighted by Crippen LogP contribution is -1.92. The molecule has 1 aromatic rings. The van der Waals surface area contributed by atoms with E-state index in [4.69, 9.17) is 0 Å². The SMILES string of the molecule is O=Cc1ccccc1C=C1CCCCCCCCCCC1. The number of carbonyl (C=O) groups excluding carboxylic acids is 1. The fourth-order valence-electron chi connectivity index (χ4n) is 3.18. The van der Waals surface area contributed by atoms with E-state index in [2.05, 4.69) is 12.1 Å². The molecule has 0 unspecified atom stereocenters. The molecule has 1 saturated carbocycles. The van der Waals surface area contributed by atoms with E-state index in [9.17, 15) is 4.79 Å². The van der Waals surface area contributed by atoms with E-state index in [-0.39, 0.29) is 0 Å². The first kappa shape index (κ1) is 16.0. The summed E-state index contributed by atoms with van der Waals surface area (Å²) in [6.45, 7) is 0. The van der Waals surface area contributed by atoms with Crippen molar-refractivity contribution in [3.63, 3.8) is 0 Å². The van der Waals surface area contributed by atoms with Crippen LogP contribution in [0.1, 0.15) is 86.6 Å². The molecule has 2 rings (SSSR count). The number of rotatable bonds is 2. The summed E-state index contributed by atoms with van der Waals surface area (Å²) in [4.78, 5) is 11.1. The minimum absolute atomic E-state index is 0.816. The Kier molecular flexibility index (Phi) is 7.28. The lowest BCUT2D eigenvalue weighted by molar-refractivity contribution is 0.112. The van der Waals surface area contributed by atoms with Crippen molar-refractivity contribution in [1.82, 2.24) is 0 Å². The predicted octanol–water partition coefficient (Wildman–Crippen LogP) is 6.19. The second-order valence-electron chi connectivity index (χ2n) is 6.23. The highest BCUT2D eigenvalue weighted by atomic mass is 16.1. The summed E-state index contributed by atoms with van der Waals surface area (Å²) in [5, 5.41) is 0. The number of hydrogen-bond donors (Lipinski definition) is 0. The smallest absolute Gasteiger partial charge is 0.150 e. The highest BCUT2D eigenvalue weighted by Gasteiger charge is 2.04. The third kappa shape index (κ3) is 5.87. The Balaban J connectivity index is 2.05. The van der Waals surface area contributed by atoms with Gasteiger partial charge >= 0.3 is 0 Å². The average molecular weight is 284 g/mol. The van der Waals surface area contributed by atoms with Crippen molar-refractivity contribution in [2.45, 2.75) is 70.6 Å². The maximum Gasteiger partial charge on any atom is 0.150 e. The molecule has 0 spiro atoms. The predicted molar refractivity (Wildman–Crippen MR) is 90.6 cm³/mol. The highest BCUT2D eigenvalue weighted by molar-refractivity contribution is 5.82. The first-order valence-corrected chi connectivity index (χ1v) is 8.64. The molecule has 0 N–H and O–H groups in total. The molecule has 1 fully saturated rings. The molecule has 114 valence electrons. The fraction of sp³-hybridized carbons (Fsp3) is 0.550. The molecular weight excluding hydrogens is 256 g/mol. The number of aldehydes is 1. The molecule has 1 nitrogen and oxygen atoms in total. The Bertz CT molecular complexity index is 445. The van der Waals surface area contributed by atoms with Crippen molar-refractivity contribution >= 4 is 12.4 Å². The highest BCUT2D eigenvalue weighted by Crippen LogP contribution is 2.23. The summed E-state index contributed by atoms with van der Waals surface area (Å²) >= 11 is 0. The molecule has 0 aliphatic heterocycles. The van der Waals surface area contributed by atoms with Crippen molar-refractivity contribution < 1.29 is 4.79 Å². The van der Waals surface area contributed by atoms with Crippen LogP contribution in [0, 0.1) is 0 Å². The fourth-order valence-corrected chi connectivity index (χ4v) is 3.18. The van der Waals surface area contributed by atoms with Gasteiger partial charge in [0, 0.05) is 5.56 Å². The van der Waals surface area contributed by atoms with Gasteiger partial charge in [0.25, 0.3) is 0 Å². The summed E-state index contributed by atoms with van der Waals surface area (Å²) in [6, 6.07) is 7.93. The zero-order chi connectivity index (χ0) is 14.8. The number of carbonyl (C=O) groups is 1. The van der Waals surface area contributed by atoms with Gasteiger partial charge in [-0.15, -0.1) is 0 Å². The lowest BCUT2D eigenvalue weighted by Gasteiger charge is -2.11. The van der Waals surface area contributed by atoms with Crippen LogP contribution in [-0.4, -0.2) is 6.29 Å². The van der Waals surface area contributed by atoms with Gasteiger partial charge in [-0.1, -0.05) is 80.9 Å². The van der Waals surface area contributed by atoms with Crippen LogP contribution in [0.2, 0.25) is 0 Å². The maximum atomic E-state index is 11.1. The van der Waals surface area contributed by atoms with Crippen molar-refractivity contribution in [1.29, 1.82) is 0 Å². The molecule has 1 aliphatic carbocycles. The van der Waals surface area contributed by atoms with E-state index >= 15 is 0 Å². The van der Waals surface area contributed by atoms with Gasteiger partial charge < -0.3 is 0 Å². The van der Waals surface area contributed by atoms with Crippen molar-refractivity contribution in [3.8, 4) is 0 Å². The molecule has 0 aromatic heterocycles. The molecule has 1 aromatic carbocycles. The average Bonchev–Trinajstić information content (AvgIpc) is 2.50. The van der Waals surface area contributed by atoms with E-state index in [0.717, 1.165) is 17.4 Å². The Morgan fingerprint density at radius 3 is 1.67 bits per heavy atom. The van der Waals surface area contributed by atoms with Crippen molar-refractivity contribution in [3.05, 3.63) is 41.0 Å². The number of allylic oxidation sites excluding steroid dienone is 1. The van der Waals surface area contributed by atoms with E-state index in [0.29, 0.717) is 0 Å². The molecule has 0 bridgehead atoms. The van der Waals surface area contributed by atoms with E-state index in [1.54, 1.807) is 0 Å². The first-order chi connectivity index (χ1) is 10.4. The minimum atomic E-state index is 0.816. The van der Waals surface area contributed by atoms with Crippen molar-refractivity contribution in [2.75, 3.05) is 0 Å². The maximum absolute atomic E-state index is 11.1. The summed E-state index contributed by atoms with van der Waals surface area (Å²) in [5.41, 5.74) is 3.44. The van der Waals surface area contributed by atoms with Crippen LogP contribution in [0.5, 0.6) is 0 Å². The zero-order valence-electron chi connectivity index (χ0n) is 13.2. The Hall–Kier alpha value is -1.37. The second kappa shape index (κ2) is 9.55. The Morgan fingerprint density at radius 2 is 1.14 bits per heavy atom. The van der Waals surface area contributed by atoms with Crippen LogP contribution in [0.25, 0.3) is 6.08 Å². The molecule has 0 radical (unpaired) electrons. The molecule has 1 heteroatoms. The van der Waals surface area contributed by atoms with Gasteiger partial charge in [-0.25, -0.2) is 0 Å². The van der Waals surface area contributed by atoms with Crippen LogP contribution < -0.4 is 0 Å². The Morgan fingerprint density at radius 1 is 0.667 bits per heavy atom. The molecule has 0 atom stereocenters. The quantitative estimate of drug-likeness (QED) is 0.592. The second-order valence-corrected chi connectivity index (χ2v) is 6.23. The summed E-state index contributed by atoms with van der Waals surface area (Å²) < 4.78 is 0. The summed E-state index contributed by atoms with van der Waals surface area (Å²) in [7, 11) is 0. The van der Waals surface area contributed by atoms with Gasteiger partial charge in [0.05, 0.1) is 0 Å². The van der Waals surface area contributed by atoms with Crippen LogP contribution >= 0.6 is 0 Å². The largest absolute Gasteiger partial charge is 0.298 e. The normalized spacial score (nSPS) is 18.4. The first-order valence-electron chi connectivity index (χ1n) is 8.64. The van der Waals surface area contributed by atoms with Gasteiger partial charge in [0.15, 0.2) is 6.29 Å². The molecule has 1 aliphatic rings. The number of benzene rings is 1. The zero-order valence-corrected chi connectivity index (χ0v) is 13.2. The molecule has 21 heavy (non-hydrogen) atoms. The van der Waals surface area contributed by atoms with Crippen LogP contribution in [0.15, 0.2) is 29.8 Å². The molecule has 0 heterocycles. The van der Waals surface area contributed by atoms with Gasteiger partial charge in [0.2, 0.25) is 0 Å². The molecule has 0 amide bonds. The molecular formula is C20H28O. The van der Waals surface area contributed by atoms with Gasteiger partial charge in [-0.3, -0.25) is 4.79 Å². The van der Waals surface area contributed by atoms with Gasteiger partial charge in [-0.05, 0) is 31.2 Å². The summed E-state index contributed by atoms with van der Waals surface area (Å²) in [6.07, 6.45) is 18.0. The monoisotopic (exact) mass is 284 g/mol. The van der Waals surface area contributed by atoms with Gasteiger partial charge in [0.1, 0.15) is 0 Å². The topological polar surface area (TPSA) is 17.1 Å².